The van der Waals surface area contributed by atoms with Gasteiger partial charge in [-0.15, -0.1) is 12.4 Å². The Morgan fingerprint density at radius 2 is 2.18 bits per heavy atom. The molecule has 2 rings (SSSR count). The number of piperidine rings is 1. The van der Waals surface area contributed by atoms with Gasteiger partial charge in [-0.1, -0.05) is 6.07 Å². The molecule has 0 bridgehead atoms. The first-order chi connectivity index (χ1) is 10.0. The van der Waals surface area contributed by atoms with Crippen LogP contribution in [0.4, 0.5) is 5.69 Å². The Kier molecular flexibility index (Phi) is 6.77. The summed E-state index contributed by atoms with van der Waals surface area (Å²) in [6.45, 7) is 2.91. The summed E-state index contributed by atoms with van der Waals surface area (Å²) < 4.78 is 0. The summed E-state index contributed by atoms with van der Waals surface area (Å²) in [7, 11) is 0. The van der Waals surface area contributed by atoms with Gasteiger partial charge < -0.3 is 10.6 Å². The number of carbonyl (C=O) groups excluding carboxylic acids is 1. The van der Waals surface area contributed by atoms with Crippen molar-refractivity contribution in [1.82, 2.24) is 4.90 Å². The van der Waals surface area contributed by atoms with Crippen LogP contribution >= 0.6 is 12.4 Å². The zero-order chi connectivity index (χ0) is 15.4. The number of rotatable bonds is 4. The number of carbonyl (C=O) groups is 1. The van der Waals surface area contributed by atoms with Crippen LogP contribution in [0.5, 0.6) is 0 Å². The minimum absolute atomic E-state index is 0. The summed E-state index contributed by atoms with van der Waals surface area (Å²) in [4.78, 5) is 25.0. The molecule has 1 aromatic rings. The topological polar surface area (TPSA) is 89.5 Å². The van der Waals surface area contributed by atoms with Crippen molar-refractivity contribution in [2.75, 3.05) is 13.1 Å². The number of amides is 1. The lowest BCUT2D eigenvalue weighted by atomic mass is 9.98. The minimum Gasteiger partial charge on any atom is -0.336 e. The Hall–Kier alpha value is -1.66. The highest BCUT2D eigenvalue weighted by Crippen LogP contribution is 2.24. The van der Waals surface area contributed by atoms with Crippen LogP contribution in [0.2, 0.25) is 0 Å². The van der Waals surface area contributed by atoms with Gasteiger partial charge in [0.2, 0.25) is 0 Å². The molecule has 6 nitrogen and oxygen atoms in total. The Morgan fingerprint density at radius 1 is 1.45 bits per heavy atom. The molecule has 0 spiro atoms. The third-order valence-electron chi connectivity index (χ3n) is 4.04. The van der Waals surface area contributed by atoms with E-state index in [2.05, 4.69) is 0 Å². The first kappa shape index (κ1) is 18.4. The van der Waals surface area contributed by atoms with E-state index < -0.39 is 4.92 Å². The number of halogens is 1. The Labute approximate surface area is 136 Å². The molecule has 1 aliphatic heterocycles. The molecule has 1 atom stereocenters. The van der Waals surface area contributed by atoms with Gasteiger partial charge in [-0.2, -0.15) is 0 Å². The van der Waals surface area contributed by atoms with E-state index in [-0.39, 0.29) is 30.0 Å². The van der Waals surface area contributed by atoms with E-state index in [1.54, 1.807) is 19.1 Å². The van der Waals surface area contributed by atoms with Crippen LogP contribution in [-0.4, -0.2) is 34.9 Å². The normalized spacial score (nSPS) is 17.7. The minimum atomic E-state index is -0.445. The number of aryl methyl sites for hydroxylation is 1. The van der Waals surface area contributed by atoms with Crippen LogP contribution in [0.15, 0.2) is 18.2 Å². The second kappa shape index (κ2) is 8.10. The molecule has 1 fully saturated rings. The molecular weight excluding hydrogens is 306 g/mol. The van der Waals surface area contributed by atoms with Crippen LogP contribution < -0.4 is 5.73 Å². The first-order valence-corrected chi connectivity index (χ1v) is 7.30. The fourth-order valence-electron chi connectivity index (χ4n) is 2.87. The van der Waals surface area contributed by atoms with Crippen LogP contribution in [0.1, 0.15) is 41.6 Å². The second-order valence-electron chi connectivity index (χ2n) is 5.48. The van der Waals surface area contributed by atoms with Crippen molar-refractivity contribution >= 4 is 24.0 Å². The molecule has 0 radical (unpaired) electrons. The molecule has 1 heterocycles. The quantitative estimate of drug-likeness (QED) is 0.680. The number of hydrogen-bond acceptors (Lipinski definition) is 4. The number of nitro groups is 1. The van der Waals surface area contributed by atoms with Gasteiger partial charge in [0.15, 0.2) is 0 Å². The zero-order valence-electron chi connectivity index (χ0n) is 12.7. The van der Waals surface area contributed by atoms with Crippen LogP contribution in [0.25, 0.3) is 0 Å². The van der Waals surface area contributed by atoms with Crippen LogP contribution in [-0.2, 0) is 0 Å². The predicted octanol–water partition coefficient (Wildman–Crippen LogP) is 2.67. The molecule has 0 aromatic heterocycles. The molecule has 7 heteroatoms. The van der Waals surface area contributed by atoms with Crippen LogP contribution in [0.3, 0.4) is 0 Å². The van der Waals surface area contributed by atoms with Crippen molar-refractivity contribution in [3.05, 3.63) is 39.4 Å². The number of hydrogen-bond donors (Lipinski definition) is 1. The molecular formula is C15H22ClN3O3. The highest BCUT2D eigenvalue weighted by molar-refractivity contribution is 5.95. The molecule has 1 aromatic carbocycles. The summed E-state index contributed by atoms with van der Waals surface area (Å²) in [5.74, 6) is -0.128. The highest BCUT2D eigenvalue weighted by Gasteiger charge is 2.27. The Bertz CT molecular complexity index is 549. The lowest BCUT2D eigenvalue weighted by molar-refractivity contribution is -0.385. The standard InChI is InChI=1S/C15H21N3O3.ClH/c1-11-5-6-12(10-14(11)18(20)21)15(19)17-9-3-2-4-13(17)7-8-16;/h5-6,10,13H,2-4,7-9,16H2,1H3;1H. The average Bonchev–Trinajstić information content (AvgIpc) is 2.47. The third-order valence-corrected chi connectivity index (χ3v) is 4.04. The number of nitrogens with two attached hydrogens (primary N) is 1. The number of nitro benzene ring substituents is 1. The maximum absolute atomic E-state index is 12.6. The van der Waals surface area contributed by atoms with Crippen molar-refractivity contribution in [3.8, 4) is 0 Å². The molecule has 1 unspecified atom stereocenters. The Balaban J connectivity index is 0.00000242. The van der Waals surface area contributed by atoms with Gasteiger partial charge in [0.1, 0.15) is 0 Å². The smallest absolute Gasteiger partial charge is 0.273 e. The van der Waals surface area contributed by atoms with E-state index in [1.807, 2.05) is 4.90 Å². The second-order valence-corrected chi connectivity index (χ2v) is 5.48. The van der Waals surface area contributed by atoms with Gasteiger partial charge in [0.05, 0.1) is 4.92 Å². The summed E-state index contributed by atoms with van der Waals surface area (Å²) in [5, 5.41) is 11.0. The zero-order valence-corrected chi connectivity index (χ0v) is 13.5. The van der Waals surface area contributed by atoms with Crippen molar-refractivity contribution in [3.63, 3.8) is 0 Å². The van der Waals surface area contributed by atoms with Gasteiger partial charge in [0.25, 0.3) is 11.6 Å². The van der Waals surface area contributed by atoms with Crippen molar-refractivity contribution < 1.29 is 9.72 Å². The van der Waals surface area contributed by atoms with Crippen molar-refractivity contribution in [2.45, 2.75) is 38.6 Å². The maximum Gasteiger partial charge on any atom is 0.273 e. The van der Waals surface area contributed by atoms with E-state index in [4.69, 9.17) is 5.73 Å². The molecule has 1 aliphatic rings. The van der Waals surface area contributed by atoms with Crippen LogP contribution in [0, 0.1) is 17.0 Å². The largest absolute Gasteiger partial charge is 0.336 e. The predicted molar refractivity (Wildman–Crippen MR) is 87.4 cm³/mol. The van der Waals surface area contributed by atoms with E-state index >= 15 is 0 Å². The van der Waals surface area contributed by atoms with E-state index in [9.17, 15) is 14.9 Å². The van der Waals surface area contributed by atoms with E-state index in [1.165, 1.54) is 6.07 Å². The lowest BCUT2D eigenvalue weighted by Gasteiger charge is -2.35. The number of nitrogens with zero attached hydrogens (tertiary/aromatic N) is 2. The van der Waals surface area contributed by atoms with E-state index in [0.29, 0.717) is 24.2 Å². The molecule has 1 amide bonds. The van der Waals surface area contributed by atoms with Gasteiger partial charge in [-0.25, -0.2) is 0 Å². The van der Waals surface area contributed by atoms with Gasteiger partial charge in [-0.3, -0.25) is 14.9 Å². The maximum atomic E-state index is 12.6. The SMILES string of the molecule is Cc1ccc(C(=O)N2CCCCC2CCN)cc1[N+](=O)[O-].Cl. The highest BCUT2D eigenvalue weighted by atomic mass is 35.5. The summed E-state index contributed by atoms with van der Waals surface area (Å²) >= 11 is 0. The van der Waals surface area contributed by atoms with Gasteiger partial charge >= 0.3 is 0 Å². The van der Waals surface area contributed by atoms with Gasteiger partial charge in [-0.05, 0) is 45.2 Å². The molecule has 22 heavy (non-hydrogen) atoms. The summed E-state index contributed by atoms with van der Waals surface area (Å²) in [6, 6.07) is 4.83. The lowest BCUT2D eigenvalue weighted by Crippen LogP contribution is -2.44. The molecule has 0 aliphatic carbocycles. The van der Waals surface area contributed by atoms with Crippen molar-refractivity contribution in [1.29, 1.82) is 0 Å². The molecule has 1 saturated heterocycles. The van der Waals surface area contributed by atoms with E-state index in [0.717, 1.165) is 25.7 Å². The molecule has 2 N–H and O–H groups in total. The number of benzene rings is 1. The van der Waals surface area contributed by atoms with Crippen molar-refractivity contribution in [2.24, 2.45) is 5.73 Å². The third kappa shape index (κ3) is 3.96. The monoisotopic (exact) mass is 327 g/mol. The average molecular weight is 328 g/mol. The first-order valence-electron chi connectivity index (χ1n) is 7.30. The number of likely N-dealkylation sites (tertiary alicyclic amines) is 1. The Morgan fingerprint density at radius 3 is 2.82 bits per heavy atom. The molecule has 122 valence electrons. The summed E-state index contributed by atoms with van der Waals surface area (Å²) in [5.41, 5.74) is 6.56. The fourth-order valence-corrected chi connectivity index (χ4v) is 2.87. The fraction of sp³-hybridized carbons (Fsp3) is 0.533. The van der Waals surface area contributed by atoms with Gasteiger partial charge in [0, 0.05) is 29.8 Å². The molecule has 0 saturated carbocycles. The summed E-state index contributed by atoms with van der Waals surface area (Å²) in [6.07, 6.45) is 3.81.